The van der Waals surface area contributed by atoms with Crippen molar-refractivity contribution in [3.63, 3.8) is 0 Å². The quantitative estimate of drug-likeness (QED) is 0.489. The number of carbonyl (C=O) groups excluding carboxylic acids is 2. The molecule has 5 aliphatic rings. The number of rotatable bonds is 5. The van der Waals surface area contributed by atoms with Crippen LogP contribution < -0.4 is 9.46 Å². The monoisotopic (exact) mass is 538 g/mol. The van der Waals surface area contributed by atoms with E-state index in [4.69, 9.17) is 4.74 Å². The molecular formula is C28H30N2O7S. The van der Waals surface area contributed by atoms with Gasteiger partial charge in [-0.25, -0.2) is 13.1 Å². The Kier molecular flexibility index (Phi) is 4.95. The summed E-state index contributed by atoms with van der Waals surface area (Å²) in [6.07, 6.45) is 1.84. The number of phenols is 1. The molecule has 2 aliphatic heterocycles. The Morgan fingerprint density at radius 1 is 1.18 bits per heavy atom. The third-order valence-electron chi connectivity index (χ3n) is 9.51. The van der Waals surface area contributed by atoms with Crippen LogP contribution in [-0.4, -0.2) is 66.1 Å². The van der Waals surface area contributed by atoms with Crippen molar-refractivity contribution in [2.24, 2.45) is 11.8 Å². The van der Waals surface area contributed by atoms with Gasteiger partial charge in [-0.2, -0.15) is 0 Å². The van der Waals surface area contributed by atoms with Crippen LogP contribution >= 0.6 is 0 Å². The van der Waals surface area contributed by atoms with Gasteiger partial charge < -0.3 is 14.9 Å². The van der Waals surface area contributed by atoms with Crippen molar-refractivity contribution in [3.8, 4) is 11.5 Å². The smallest absolute Gasteiger partial charge is 0.264 e. The Hall–Kier alpha value is -2.95. The van der Waals surface area contributed by atoms with Gasteiger partial charge in [-0.05, 0) is 75.3 Å². The number of sulfonamides is 1. The number of aromatic hydroxyl groups is 1. The first-order chi connectivity index (χ1) is 18.0. The van der Waals surface area contributed by atoms with Crippen molar-refractivity contribution >= 4 is 21.7 Å². The second-order valence-corrected chi connectivity index (χ2v) is 13.4. The van der Waals surface area contributed by atoms with Gasteiger partial charge in [0, 0.05) is 18.2 Å². The van der Waals surface area contributed by atoms with E-state index in [1.165, 1.54) is 12.1 Å². The standard InChI is InChI=1S/C28H30N2O7S/c1-15-2-7-18(8-3-15)38(35,36)29-26(33)19-13-28(34)21-12-17-6-9-20(31)24-22(17)27(28,25(37-24)23(19)32)10-11-30(21)14-16-4-5-16/h2-3,6-9,16,19,21,25,31,34H,4-5,10-14H2,1H3,(H,29,33)/t19?,21-,25+,27+,28-/m1/s1. The van der Waals surface area contributed by atoms with Crippen LogP contribution in [0.3, 0.4) is 0 Å². The van der Waals surface area contributed by atoms with Gasteiger partial charge in [0.1, 0.15) is 5.92 Å². The summed E-state index contributed by atoms with van der Waals surface area (Å²) in [5.74, 6) is -2.29. The van der Waals surface area contributed by atoms with Crippen LogP contribution in [0.4, 0.5) is 0 Å². The number of piperidine rings is 1. The van der Waals surface area contributed by atoms with Gasteiger partial charge in [0.2, 0.25) is 5.91 Å². The molecule has 0 radical (unpaired) electrons. The lowest BCUT2D eigenvalue weighted by molar-refractivity contribution is -0.198. The molecule has 0 aromatic heterocycles. The Morgan fingerprint density at radius 2 is 1.92 bits per heavy atom. The highest BCUT2D eigenvalue weighted by atomic mass is 32.2. The third kappa shape index (κ3) is 3.14. The van der Waals surface area contributed by atoms with E-state index in [1.54, 1.807) is 18.2 Å². The maximum atomic E-state index is 13.9. The van der Waals surface area contributed by atoms with E-state index < -0.39 is 44.8 Å². The van der Waals surface area contributed by atoms with Gasteiger partial charge in [0.05, 0.1) is 15.9 Å². The summed E-state index contributed by atoms with van der Waals surface area (Å²) in [6.45, 7) is 3.33. The molecule has 1 amide bonds. The molecule has 1 spiro atoms. The zero-order chi connectivity index (χ0) is 26.6. The normalized spacial score (nSPS) is 33.4. The lowest BCUT2D eigenvalue weighted by Gasteiger charge is -2.63. The molecule has 3 aliphatic carbocycles. The molecule has 10 heteroatoms. The molecule has 9 nitrogen and oxygen atoms in total. The van der Waals surface area contributed by atoms with E-state index in [0.717, 1.165) is 30.5 Å². The summed E-state index contributed by atoms with van der Waals surface area (Å²) in [4.78, 5) is 29.5. The number of ketones is 1. The molecular weight excluding hydrogens is 508 g/mol. The summed E-state index contributed by atoms with van der Waals surface area (Å²) in [7, 11) is -4.23. The number of Topliss-reactive ketones (excluding diaryl/α,β-unsaturated/α-hetero) is 1. The van der Waals surface area contributed by atoms with Crippen LogP contribution in [-0.2, 0) is 31.4 Å². The molecule has 5 atom stereocenters. The predicted octanol–water partition coefficient (Wildman–Crippen LogP) is 1.57. The SMILES string of the molecule is Cc1ccc(S(=O)(=O)NC(=O)C2C[C@@]3(O)[C@H]4Cc5ccc(O)c6c5[C@@]3(CCN4CC3CC3)[C@@H](O6)C2=O)cc1. The van der Waals surface area contributed by atoms with Crippen LogP contribution in [0.25, 0.3) is 0 Å². The van der Waals surface area contributed by atoms with Crippen LogP contribution in [0, 0.1) is 18.8 Å². The van der Waals surface area contributed by atoms with E-state index in [-0.39, 0.29) is 28.9 Å². The second-order valence-electron chi connectivity index (χ2n) is 11.7. The lowest BCUT2D eigenvalue weighted by Crippen LogP contribution is -2.78. The highest BCUT2D eigenvalue weighted by molar-refractivity contribution is 7.90. The van der Waals surface area contributed by atoms with Crippen LogP contribution in [0.1, 0.15) is 42.4 Å². The number of phenolic OH excluding ortho intramolecular Hbond substituents is 1. The molecule has 3 fully saturated rings. The fourth-order valence-corrected chi connectivity index (χ4v) is 8.52. The summed E-state index contributed by atoms with van der Waals surface area (Å²) in [6, 6.07) is 9.09. The summed E-state index contributed by atoms with van der Waals surface area (Å²) >= 11 is 0. The first kappa shape index (κ1) is 24.1. The fraction of sp³-hybridized carbons (Fsp3) is 0.500. The molecule has 1 unspecified atom stereocenters. The molecule has 2 aromatic carbocycles. The number of likely N-dealkylation sites (tertiary alicyclic amines) is 1. The molecule has 2 heterocycles. The number of nitrogens with zero attached hydrogens (tertiary/aromatic N) is 1. The van der Waals surface area contributed by atoms with Gasteiger partial charge in [-0.3, -0.25) is 14.5 Å². The largest absolute Gasteiger partial charge is 0.504 e. The van der Waals surface area contributed by atoms with Gasteiger partial charge in [0.25, 0.3) is 10.0 Å². The van der Waals surface area contributed by atoms with Crippen LogP contribution in [0.5, 0.6) is 11.5 Å². The number of carbonyl (C=O) groups is 2. The van der Waals surface area contributed by atoms with E-state index in [0.29, 0.717) is 30.9 Å². The van der Waals surface area contributed by atoms with Crippen molar-refractivity contribution in [1.82, 2.24) is 9.62 Å². The average Bonchev–Trinajstić information content (AvgIpc) is 3.61. The number of hydrogen-bond donors (Lipinski definition) is 3. The fourth-order valence-electron chi connectivity index (χ4n) is 7.50. The minimum atomic E-state index is -4.23. The van der Waals surface area contributed by atoms with Gasteiger partial charge in [-0.15, -0.1) is 0 Å². The molecule has 2 saturated carbocycles. The van der Waals surface area contributed by atoms with Crippen molar-refractivity contribution < 1.29 is 33.0 Å². The van der Waals surface area contributed by atoms with Gasteiger partial charge in [-0.1, -0.05) is 23.8 Å². The number of ether oxygens (including phenoxy) is 1. The predicted molar refractivity (Wildman–Crippen MR) is 135 cm³/mol. The first-order valence-corrected chi connectivity index (χ1v) is 14.7. The molecule has 7 rings (SSSR count). The van der Waals surface area contributed by atoms with E-state index in [1.807, 2.05) is 13.0 Å². The molecule has 1 saturated heterocycles. The third-order valence-corrected chi connectivity index (χ3v) is 10.9. The zero-order valence-electron chi connectivity index (χ0n) is 21.0. The summed E-state index contributed by atoms with van der Waals surface area (Å²) in [5.41, 5.74) is -0.131. The Bertz CT molecular complexity index is 1490. The topological polar surface area (TPSA) is 133 Å². The maximum Gasteiger partial charge on any atom is 0.264 e. The van der Waals surface area contributed by atoms with Crippen molar-refractivity contribution in [3.05, 3.63) is 53.1 Å². The van der Waals surface area contributed by atoms with E-state index >= 15 is 0 Å². The number of aliphatic hydroxyl groups is 1. The lowest BCUT2D eigenvalue weighted by atomic mass is 9.47. The maximum absolute atomic E-state index is 13.9. The minimum Gasteiger partial charge on any atom is -0.504 e. The highest BCUT2D eigenvalue weighted by Crippen LogP contribution is 2.65. The second kappa shape index (κ2) is 7.80. The number of nitrogens with one attached hydrogen (secondary N) is 1. The molecule has 38 heavy (non-hydrogen) atoms. The van der Waals surface area contributed by atoms with Crippen molar-refractivity contribution in [2.45, 2.75) is 67.1 Å². The van der Waals surface area contributed by atoms with Gasteiger partial charge >= 0.3 is 0 Å². The minimum absolute atomic E-state index is 0.0841. The molecule has 2 bridgehead atoms. The summed E-state index contributed by atoms with van der Waals surface area (Å²) in [5, 5.41) is 23.2. The number of hydrogen-bond acceptors (Lipinski definition) is 8. The first-order valence-electron chi connectivity index (χ1n) is 13.2. The Balaban J connectivity index is 1.29. The van der Waals surface area contributed by atoms with E-state index in [2.05, 4.69) is 9.62 Å². The van der Waals surface area contributed by atoms with Crippen LogP contribution in [0.15, 0.2) is 41.3 Å². The van der Waals surface area contributed by atoms with Crippen molar-refractivity contribution in [1.29, 1.82) is 0 Å². The zero-order valence-corrected chi connectivity index (χ0v) is 21.8. The highest BCUT2D eigenvalue weighted by Gasteiger charge is 2.75. The Morgan fingerprint density at radius 3 is 2.63 bits per heavy atom. The average molecular weight is 539 g/mol. The molecule has 2 aromatic rings. The number of benzene rings is 2. The van der Waals surface area contributed by atoms with Gasteiger partial charge in [0.15, 0.2) is 23.4 Å². The Labute approximate surface area is 220 Å². The van der Waals surface area contributed by atoms with Crippen molar-refractivity contribution in [2.75, 3.05) is 13.1 Å². The molecule has 3 N–H and O–H groups in total. The number of aryl methyl sites for hydroxylation is 1. The van der Waals surface area contributed by atoms with E-state index in [9.17, 15) is 28.2 Å². The van der Waals surface area contributed by atoms with Crippen LogP contribution in [0.2, 0.25) is 0 Å². The number of amides is 1. The summed E-state index contributed by atoms with van der Waals surface area (Å²) < 4.78 is 34.2. The molecule has 200 valence electrons.